The van der Waals surface area contributed by atoms with E-state index in [-0.39, 0.29) is 34.8 Å². The van der Waals surface area contributed by atoms with Crippen LogP contribution in [0.25, 0.3) is 0 Å². The van der Waals surface area contributed by atoms with Crippen molar-refractivity contribution in [3.8, 4) is 0 Å². The molecule has 4 aliphatic carbocycles. The van der Waals surface area contributed by atoms with Crippen molar-refractivity contribution in [2.45, 2.75) is 66.1 Å². The number of carbonyl (C=O) groups is 3. The molecule has 1 saturated heterocycles. The lowest BCUT2D eigenvalue weighted by molar-refractivity contribution is -0.151. The zero-order valence-electron chi connectivity index (χ0n) is 17.2. The maximum atomic E-state index is 14.0. The van der Waals surface area contributed by atoms with E-state index >= 15 is 0 Å². The van der Waals surface area contributed by atoms with Crippen molar-refractivity contribution < 1.29 is 24.2 Å². The molecule has 5 nitrogen and oxygen atoms in total. The number of aliphatic hydroxyl groups excluding tert-OH is 1. The number of aliphatic hydroxyl groups is 1. The van der Waals surface area contributed by atoms with Crippen LogP contribution < -0.4 is 0 Å². The number of hydrogen-bond acceptors (Lipinski definition) is 5. The first-order valence-corrected chi connectivity index (χ1v) is 10.4. The molecule has 0 spiro atoms. The number of Topliss-reactive ketones (excluding diaryl/α,β-unsaturated/α-hetero) is 1. The molecule has 1 saturated carbocycles. The third kappa shape index (κ3) is 1.61. The van der Waals surface area contributed by atoms with Crippen LogP contribution in [0.4, 0.5) is 0 Å². The molecular formula is C23H28O5. The zero-order valence-corrected chi connectivity index (χ0v) is 17.2. The van der Waals surface area contributed by atoms with Crippen LogP contribution in [0.15, 0.2) is 22.8 Å². The van der Waals surface area contributed by atoms with Crippen molar-refractivity contribution in [2.75, 3.05) is 0 Å². The maximum absolute atomic E-state index is 14.0. The molecule has 1 heterocycles. The fraction of sp³-hybridized carbons (Fsp3) is 0.696. The van der Waals surface area contributed by atoms with E-state index in [1.165, 1.54) is 0 Å². The summed E-state index contributed by atoms with van der Waals surface area (Å²) < 4.78 is 5.77. The van der Waals surface area contributed by atoms with Crippen molar-refractivity contribution in [1.82, 2.24) is 0 Å². The number of carbonyl (C=O) groups excluding carboxylic acids is 3. The minimum absolute atomic E-state index is 0.177. The van der Waals surface area contributed by atoms with Crippen LogP contribution in [-0.4, -0.2) is 34.9 Å². The Labute approximate surface area is 165 Å². The Morgan fingerprint density at radius 2 is 1.86 bits per heavy atom. The summed E-state index contributed by atoms with van der Waals surface area (Å²) >= 11 is 0. The van der Waals surface area contributed by atoms with E-state index in [4.69, 9.17) is 4.74 Å². The molecule has 2 bridgehead atoms. The Balaban J connectivity index is 1.83. The van der Waals surface area contributed by atoms with Gasteiger partial charge in [-0.3, -0.25) is 14.4 Å². The van der Waals surface area contributed by atoms with E-state index in [9.17, 15) is 19.5 Å². The van der Waals surface area contributed by atoms with Crippen molar-refractivity contribution >= 4 is 17.5 Å². The number of allylic oxidation sites excluding steroid dienone is 2. The molecule has 5 rings (SSSR count). The van der Waals surface area contributed by atoms with Gasteiger partial charge < -0.3 is 9.84 Å². The first kappa shape index (κ1) is 18.3. The second-order valence-electron chi connectivity index (χ2n) is 10.5. The van der Waals surface area contributed by atoms with E-state index in [1.807, 2.05) is 20.8 Å². The highest BCUT2D eigenvalue weighted by atomic mass is 16.6. The van der Waals surface area contributed by atoms with E-state index < -0.39 is 29.0 Å². The molecule has 150 valence electrons. The number of esters is 1. The minimum Gasteiger partial charge on any atom is -0.458 e. The predicted octanol–water partition coefficient (Wildman–Crippen LogP) is 2.77. The van der Waals surface area contributed by atoms with Crippen LogP contribution in [0.1, 0.15) is 53.9 Å². The summed E-state index contributed by atoms with van der Waals surface area (Å²) in [5.41, 5.74) is -0.606. The highest BCUT2D eigenvalue weighted by molar-refractivity contribution is 6.25. The molecule has 0 amide bonds. The molecule has 0 radical (unpaired) electrons. The highest BCUT2D eigenvalue weighted by Gasteiger charge is 2.77. The summed E-state index contributed by atoms with van der Waals surface area (Å²) in [6.45, 7) is 9.87. The molecular weight excluding hydrogens is 356 g/mol. The van der Waals surface area contributed by atoms with Gasteiger partial charge in [0.1, 0.15) is 23.0 Å². The molecule has 1 aliphatic heterocycles. The van der Waals surface area contributed by atoms with E-state index in [0.717, 1.165) is 18.4 Å². The third-order valence-corrected chi connectivity index (χ3v) is 8.57. The molecule has 1 N–H and O–H groups in total. The summed E-state index contributed by atoms with van der Waals surface area (Å²) in [4.78, 5) is 40.5. The van der Waals surface area contributed by atoms with Crippen molar-refractivity contribution in [2.24, 2.45) is 34.0 Å². The average molecular weight is 384 g/mol. The third-order valence-electron chi connectivity index (χ3n) is 8.57. The molecule has 0 unspecified atom stereocenters. The summed E-state index contributed by atoms with van der Waals surface area (Å²) in [6, 6.07) is 0. The van der Waals surface area contributed by atoms with E-state index in [0.29, 0.717) is 17.6 Å². The SMILES string of the molecule is CC1=CC(=O)[C@]2(C(C)C)C(=O)C3=C([C@H]12)[C@@H](O)[C@@H]1OC(=O)[C@@]32CCCC(C)(C)[C@H]12. The second kappa shape index (κ2) is 5.05. The maximum Gasteiger partial charge on any atom is 0.317 e. The van der Waals surface area contributed by atoms with Gasteiger partial charge in [0.05, 0.1) is 0 Å². The normalized spacial score (nSPS) is 45.8. The number of ketones is 2. The molecule has 5 aliphatic rings. The minimum atomic E-state index is -1.21. The largest absolute Gasteiger partial charge is 0.458 e. The second-order valence-corrected chi connectivity index (χ2v) is 10.5. The number of ether oxygens (including phenoxy) is 1. The highest BCUT2D eigenvalue weighted by Crippen LogP contribution is 2.71. The van der Waals surface area contributed by atoms with Crippen LogP contribution in [0, 0.1) is 34.0 Å². The van der Waals surface area contributed by atoms with Crippen molar-refractivity contribution in [3.63, 3.8) is 0 Å². The van der Waals surface area contributed by atoms with Gasteiger partial charge in [-0.1, -0.05) is 39.7 Å². The van der Waals surface area contributed by atoms with Gasteiger partial charge >= 0.3 is 5.97 Å². The summed E-state index contributed by atoms with van der Waals surface area (Å²) in [5.74, 6) is -1.69. The van der Waals surface area contributed by atoms with Gasteiger partial charge in [-0.05, 0) is 42.7 Å². The first-order valence-electron chi connectivity index (χ1n) is 10.4. The van der Waals surface area contributed by atoms with Gasteiger partial charge in [0.2, 0.25) is 0 Å². The lowest BCUT2D eigenvalue weighted by Gasteiger charge is -2.51. The van der Waals surface area contributed by atoms with Crippen LogP contribution in [0.5, 0.6) is 0 Å². The molecule has 5 heteroatoms. The van der Waals surface area contributed by atoms with E-state index in [2.05, 4.69) is 13.8 Å². The Kier molecular flexibility index (Phi) is 3.30. The van der Waals surface area contributed by atoms with Crippen molar-refractivity contribution in [1.29, 1.82) is 0 Å². The lowest BCUT2D eigenvalue weighted by Crippen LogP contribution is -2.55. The Hall–Kier alpha value is -1.75. The topological polar surface area (TPSA) is 80.7 Å². The molecule has 2 fully saturated rings. The fourth-order valence-electron chi connectivity index (χ4n) is 7.64. The average Bonchev–Trinajstić information content (AvgIpc) is 3.13. The quantitative estimate of drug-likeness (QED) is 0.555. The van der Waals surface area contributed by atoms with Crippen LogP contribution in [0.3, 0.4) is 0 Å². The van der Waals surface area contributed by atoms with Gasteiger partial charge in [-0.2, -0.15) is 0 Å². The lowest BCUT2D eigenvalue weighted by atomic mass is 9.49. The molecule has 0 aromatic carbocycles. The fourth-order valence-corrected chi connectivity index (χ4v) is 7.64. The molecule has 6 atom stereocenters. The van der Waals surface area contributed by atoms with E-state index in [1.54, 1.807) is 6.08 Å². The standard InChI is InChI=1S/C23H28O5/c1-10(2)23-12(24)9-11(3)14(23)13-15(19(23)26)22-8-6-7-21(4,5)18(22)17(16(13)25)28-20(22)27/h9-10,14,16-18,25H,6-8H2,1-5H3/t14-,16+,17-,18-,22-,23-/m0/s1. The monoisotopic (exact) mass is 384 g/mol. The smallest absolute Gasteiger partial charge is 0.317 e. The van der Waals surface area contributed by atoms with Gasteiger partial charge in [0.15, 0.2) is 11.6 Å². The summed E-state index contributed by atoms with van der Waals surface area (Å²) in [5, 5.41) is 11.4. The van der Waals surface area contributed by atoms with Crippen molar-refractivity contribution in [3.05, 3.63) is 22.8 Å². The molecule has 0 aromatic rings. The molecule has 28 heavy (non-hydrogen) atoms. The molecule has 0 aromatic heterocycles. The Bertz CT molecular complexity index is 906. The number of rotatable bonds is 1. The van der Waals surface area contributed by atoms with Gasteiger partial charge in [0.25, 0.3) is 0 Å². The Morgan fingerprint density at radius 1 is 1.18 bits per heavy atom. The zero-order chi connectivity index (χ0) is 20.4. The number of fused-ring (bicyclic) bond motifs is 2. The van der Waals surface area contributed by atoms with Crippen LogP contribution in [0.2, 0.25) is 0 Å². The summed E-state index contributed by atoms with van der Waals surface area (Å²) in [6.07, 6.45) is 2.21. The Morgan fingerprint density at radius 3 is 2.50 bits per heavy atom. The summed E-state index contributed by atoms with van der Waals surface area (Å²) in [7, 11) is 0. The first-order chi connectivity index (χ1) is 13.0. The van der Waals surface area contributed by atoms with Crippen LogP contribution in [-0.2, 0) is 19.1 Å². The van der Waals surface area contributed by atoms with Crippen LogP contribution >= 0.6 is 0 Å². The number of hydrogen-bond donors (Lipinski definition) is 1. The van der Waals surface area contributed by atoms with Gasteiger partial charge in [-0.15, -0.1) is 0 Å². The van der Waals surface area contributed by atoms with Gasteiger partial charge in [-0.25, -0.2) is 0 Å². The predicted molar refractivity (Wildman–Crippen MR) is 101 cm³/mol. The van der Waals surface area contributed by atoms with Gasteiger partial charge in [0, 0.05) is 17.4 Å².